The van der Waals surface area contributed by atoms with Crippen LogP contribution in [0.2, 0.25) is 0 Å². The van der Waals surface area contributed by atoms with Gasteiger partial charge in [0.15, 0.2) is 0 Å². The number of rotatable bonds is 6. The van der Waals surface area contributed by atoms with Crippen molar-refractivity contribution in [3.63, 3.8) is 0 Å². The highest BCUT2D eigenvalue weighted by Gasteiger charge is 2.17. The summed E-state index contributed by atoms with van der Waals surface area (Å²) in [6, 6.07) is 11.2. The first kappa shape index (κ1) is 19.5. The first-order valence-corrected chi connectivity index (χ1v) is 10.9. The smallest absolute Gasteiger partial charge is 0.266 e. The van der Waals surface area contributed by atoms with Crippen LogP contribution in [0.15, 0.2) is 50.1 Å². The number of hydrogen-bond donors (Lipinski definition) is 0. The van der Waals surface area contributed by atoms with E-state index in [2.05, 4.69) is 38.8 Å². The van der Waals surface area contributed by atoms with Crippen LogP contribution < -0.4 is 10.3 Å². The third-order valence-corrected chi connectivity index (χ3v) is 6.09. The molecule has 136 valence electrons. The van der Waals surface area contributed by atoms with Crippen molar-refractivity contribution in [1.82, 2.24) is 9.55 Å². The average molecular weight is 498 g/mol. The fourth-order valence-corrected chi connectivity index (χ4v) is 4.85. The monoisotopic (exact) mass is 496 g/mol. The summed E-state index contributed by atoms with van der Waals surface area (Å²) >= 11 is 8.76. The van der Waals surface area contributed by atoms with Gasteiger partial charge in [-0.15, -0.1) is 0 Å². The van der Waals surface area contributed by atoms with Gasteiger partial charge in [0.25, 0.3) is 5.56 Å². The fourth-order valence-electron chi connectivity index (χ4n) is 2.73. The quantitative estimate of drug-likeness (QED) is 0.418. The second-order valence-corrected chi connectivity index (χ2v) is 8.55. The molecular formula is C19H18Br2N2O2S. The Balaban J connectivity index is 2.32. The molecule has 26 heavy (non-hydrogen) atoms. The van der Waals surface area contributed by atoms with Crippen LogP contribution in [0.3, 0.4) is 0 Å². The molecule has 0 N–H and O–H groups in total. The Morgan fingerprint density at radius 1 is 1.23 bits per heavy atom. The highest BCUT2D eigenvalue weighted by atomic mass is 79.9. The summed E-state index contributed by atoms with van der Waals surface area (Å²) in [5, 5.41) is 0.557. The van der Waals surface area contributed by atoms with E-state index >= 15 is 0 Å². The Kier molecular flexibility index (Phi) is 6.42. The third-order valence-electron chi connectivity index (χ3n) is 3.87. The van der Waals surface area contributed by atoms with Crippen LogP contribution in [0, 0.1) is 0 Å². The lowest BCUT2D eigenvalue weighted by atomic mass is 10.2. The van der Waals surface area contributed by atoms with Crippen molar-refractivity contribution < 1.29 is 4.74 Å². The van der Waals surface area contributed by atoms with Gasteiger partial charge in [0.2, 0.25) is 0 Å². The number of halogens is 2. The van der Waals surface area contributed by atoms with Gasteiger partial charge in [-0.2, -0.15) is 11.8 Å². The molecule has 0 atom stereocenters. The number of nitrogens with zero attached hydrogens (tertiary/aromatic N) is 2. The first-order chi connectivity index (χ1) is 12.6. The molecule has 0 fully saturated rings. The van der Waals surface area contributed by atoms with Gasteiger partial charge in [-0.1, -0.05) is 35.0 Å². The molecule has 0 saturated heterocycles. The van der Waals surface area contributed by atoms with Gasteiger partial charge in [0.1, 0.15) is 11.6 Å². The van der Waals surface area contributed by atoms with Crippen molar-refractivity contribution in [1.29, 1.82) is 0 Å². The lowest BCUT2D eigenvalue weighted by Gasteiger charge is -2.16. The van der Waals surface area contributed by atoms with Crippen molar-refractivity contribution in [3.05, 3.63) is 61.5 Å². The second-order valence-electron chi connectivity index (χ2n) is 5.68. The van der Waals surface area contributed by atoms with Crippen LogP contribution in [-0.2, 0) is 5.75 Å². The molecule has 0 saturated carbocycles. The molecule has 1 heterocycles. The fraction of sp³-hybridized carbons (Fsp3) is 0.263. The van der Waals surface area contributed by atoms with Gasteiger partial charge in [-0.3, -0.25) is 9.36 Å². The highest BCUT2D eigenvalue weighted by molar-refractivity contribution is 9.11. The topological polar surface area (TPSA) is 44.1 Å². The summed E-state index contributed by atoms with van der Waals surface area (Å²) < 4.78 is 8.78. The standard InChI is InChI=1S/C19H18Br2N2O2S/c1-3-8-26-11-17-22-18-13(9-12(20)10-14(18)21)19(24)23(17)15-6-4-5-7-16(15)25-2/h4-7,9-10H,3,8,11H2,1-2H3. The molecule has 0 aliphatic rings. The Labute approximate surface area is 173 Å². The van der Waals surface area contributed by atoms with Crippen molar-refractivity contribution in [2.24, 2.45) is 0 Å². The third kappa shape index (κ3) is 3.85. The zero-order valence-electron chi connectivity index (χ0n) is 14.5. The minimum atomic E-state index is -0.103. The summed E-state index contributed by atoms with van der Waals surface area (Å²) in [5.74, 6) is 3.03. The molecule has 0 radical (unpaired) electrons. The zero-order chi connectivity index (χ0) is 18.7. The van der Waals surface area contributed by atoms with Crippen LogP contribution in [-0.4, -0.2) is 22.4 Å². The summed E-state index contributed by atoms with van der Waals surface area (Å²) in [4.78, 5) is 18.2. The van der Waals surface area contributed by atoms with Crippen LogP contribution in [0.25, 0.3) is 16.6 Å². The van der Waals surface area contributed by atoms with Crippen LogP contribution in [0.1, 0.15) is 19.2 Å². The van der Waals surface area contributed by atoms with E-state index in [4.69, 9.17) is 9.72 Å². The Morgan fingerprint density at radius 2 is 2.00 bits per heavy atom. The highest BCUT2D eigenvalue weighted by Crippen LogP contribution is 2.29. The lowest BCUT2D eigenvalue weighted by Crippen LogP contribution is -2.24. The molecule has 0 unspecified atom stereocenters. The molecule has 7 heteroatoms. The predicted molar refractivity (Wildman–Crippen MR) is 116 cm³/mol. The van der Waals surface area contributed by atoms with Crippen molar-refractivity contribution in [2.45, 2.75) is 19.1 Å². The van der Waals surface area contributed by atoms with Gasteiger partial charge in [-0.05, 0) is 52.4 Å². The largest absolute Gasteiger partial charge is 0.495 e. The minimum Gasteiger partial charge on any atom is -0.495 e. The maximum absolute atomic E-state index is 13.4. The first-order valence-electron chi connectivity index (χ1n) is 8.18. The van der Waals surface area contributed by atoms with Gasteiger partial charge < -0.3 is 4.74 Å². The van der Waals surface area contributed by atoms with Crippen molar-refractivity contribution in [2.75, 3.05) is 12.9 Å². The van der Waals surface area contributed by atoms with Crippen molar-refractivity contribution in [3.8, 4) is 11.4 Å². The summed E-state index contributed by atoms with van der Waals surface area (Å²) in [5.41, 5.74) is 1.28. The maximum Gasteiger partial charge on any atom is 0.266 e. The van der Waals surface area contributed by atoms with E-state index in [1.54, 1.807) is 23.4 Å². The molecule has 0 amide bonds. The number of para-hydroxylation sites is 2. The molecule has 1 aromatic heterocycles. The van der Waals surface area contributed by atoms with E-state index in [0.29, 0.717) is 33.9 Å². The van der Waals surface area contributed by atoms with E-state index in [0.717, 1.165) is 21.1 Å². The average Bonchev–Trinajstić information content (AvgIpc) is 2.63. The number of aromatic nitrogens is 2. The van der Waals surface area contributed by atoms with Crippen LogP contribution >= 0.6 is 43.6 Å². The Morgan fingerprint density at radius 3 is 2.73 bits per heavy atom. The number of ether oxygens (including phenoxy) is 1. The lowest BCUT2D eigenvalue weighted by molar-refractivity contribution is 0.412. The van der Waals surface area contributed by atoms with Gasteiger partial charge >= 0.3 is 0 Å². The molecular weight excluding hydrogens is 480 g/mol. The van der Waals surface area contributed by atoms with Gasteiger partial charge in [0, 0.05) is 8.95 Å². The van der Waals surface area contributed by atoms with Crippen molar-refractivity contribution >= 4 is 54.5 Å². The minimum absolute atomic E-state index is 0.103. The zero-order valence-corrected chi connectivity index (χ0v) is 18.4. The van der Waals surface area contributed by atoms with E-state index in [9.17, 15) is 4.79 Å². The van der Waals surface area contributed by atoms with Gasteiger partial charge in [0.05, 0.1) is 29.5 Å². The molecule has 0 spiro atoms. The number of benzene rings is 2. The molecule has 2 aromatic carbocycles. The number of methoxy groups -OCH3 is 1. The van der Waals surface area contributed by atoms with Gasteiger partial charge in [-0.25, -0.2) is 4.98 Å². The summed E-state index contributed by atoms with van der Waals surface area (Å²) in [6.45, 7) is 2.14. The van der Waals surface area contributed by atoms with E-state index in [1.165, 1.54) is 0 Å². The maximum atomic E-state index is 13.4. The van der Waals surface area contributed by atoms with Crippen LogP contribution in [0.5, 0.6) is 5.75 Å². The molecule has 4 nitrogen and oxygen atoms in total. The number of thioether (sulfide) groups is 1. The van der Waals surface area contributed by atoms with E-state index in [1.807, 2.05) is 36.4 Å². The van der Waals surface area contributed by atoms with Crippen LogP contribution in [0.4, 0.5) is 0 Å². The summed E-state index contributed by atoms with van der Waals surface area (Å²) in [7, 11) is 1.61. The molecule has 3 rings (SSSR count). The number of fused-ring (bicyclic) bond motifs is 1. The molecule has 0 aliphatic carbocycles. The summed E-state index contributed by atoms with van der Waals surface area (Å²) in [6.07, 6.45) is 1.08. The second kappa shape index (κ2) is 8.59. The number of hydrogen-bond acceptors (Lipinski definition) is 4. The SMILES string of the molecule is CCCSCc1nc2c(Br)cc(Br)cc2c(=O)n1-c1ccccc1OC. The Hall–Kier alpha value is -1.31. The van der Waals surface area contributed by atoms with E-state index < -0.39 is 0 Å². The normalized spacial score (nSPS) is 11.1. The molecule has 3 aromatic rings. The molecule has 0 bridgehead atoms. The predicted octanol–water partition coefficient (Wildman–Crippen LogP) is 5.56. The molecule has 0 aliphatic heterocycles. The Bertz CT molecular complexity index is 1000. The van der Waals surface area contributed by atoms with E-state index in [-0.39, 0.29) is 5.56 Å².